The van der Waals surface area contributed by atoms with Gasteiger partial charge >= 0.3 is 0 Å². The van der Waals surface area contributed by atoms with Crippen LogP contribution in [0.3, 0.4) is 0 Å². The van der Waals surface area contributed by atoms with E-state index in [0.29, 0.717) is 0 Å². The van der Waals surface area contributed by atoms with Crippen LogP contribution in [0.25, 0.3) is 0 Å². The summed E-state index contributed by atoms with van der Waals surface area (Å²) in [6.07, 6.45) is 2.07. The fourth-order valence-corrected chi connectivity index (χ4v) is 3.02. The quantitative estimate of drug-likeness (QED) is 0.861. The van der Waals surface area contributed by atoms with Gasteiger partial charge in [-0.2, -0.15) is 0 Å². The minimum atomic E-state index is -0.160. The Kier molecular flexibility index (Phi) is 2.92. The Labute approximate surface area is 107 Å². The Hall–Kier alpha value is -1.26. The Morgan fingerprint density at radius 3 is 2.67 bits per heavy atom. The van der Waals surface area contributed by atoms with Crippen molar-refractivity contribution in [3.8, 4) is 11.5 Å². The van der Waals surface area contributed by atoms with Crippen LogP contribution >= 0.6 is 0 Å². The summed E-state index contributed by atoms with van der Waals surface area (Å²) in [6.45, 7) is 2.59. The molecule has 18 heavy (non-hydrogen) atoms. The monoisotopic (exact) mass is 249 g/mol. The molecule has 1 spiro atoms. The number of rotatable bonds is 2. The first kappa shape index (κ1) is 11.8. The summed E-state index contributed by atoms with van der Waals surface area (Å²) >= 11 is 0. The molecule has 1 fully saturated rings. The van der Waals surface area contributed by atoms with Crippen molar-refractivity contribution in [3.05, 3.63) is 23.3 Å². The fourth-order valence-electron chi connectivity index (χ4n) is 3.02. The first-order valence-corrected chi connectivity index (χ1v) is 6.39. The van der Waals surface area contributed by atoms with Crippen LogP contribution in [0.2, 0.25) is 0 Å². The normalized spacial score (nSPS) is 26.1. The second kappa shape index (κ2) is 4.44. The predicted molar refractivity (Wildman–Crippen MR) is 68.4 cm³/mol. The van der Waals surface area contributed by atoms with Gasteiger partial charge in [-0.1, -0.05) is 0 Å². The van der Waals surface area contributed by atoms with Gasteiger partial charge in [0.05, 0.1) is 20.8 Å². The molecule has 0 saturated carbocycles. The third-order valence-corrected chi connectivity index (χ3v) is 3.97. The van der Waals surface area contributed by atoms with E-state index in [4.69, 9.17) is 14.2 Å². The van der Waals surface area contributed by atoms with E-state index in [-0.39, 0.29) is 5.60 Å². The Morgan fingerprint density at radius 1 is 1.22 bits per heavy atom. The van der Waals surface area contributed by atoms with Crippen molar-refractivity contribution in [1.29, 1.82) is 0 Å². The molecule has 1 aliphatic heterocycles. The molecule has 0 aromatic heterocycles. The summed E-state index contributed by atoms with van der Waals surface area (Å²) in [6, 6.07) is 4.16. The molecule has 1 aromatic rings. The van der Waals surface area contributed by atoms with E-state index in [0.717, 1.165) is 44.0 Å². The molecule has 98 valence electrons. The predicted octanol–water partition coefficient (Wildman–Crippen LogP) is 1.47. The van der Waals surface area contributed by atoms with Gasteiger partial charge < -0.3 is 19.5 Å². The largest absolute Gasteiger partial charge is 0.493 e. The molecule has 1 heterocycles. The van der Waals surface area contributed by atoms with Crippen LogP contribution in [-0.2, 0) is 16.8 Å². The van der Waals surface area contributed by atoms with E-state index in [1.54, 1.807) is 14.2 Å². The standard InChI is InChI=1S/C14H19NO3/c1-16-12-7-10-3-4-14(9-15-5-6-18-14)11(10)8-13(12)17-2/h7-8,15H,3-6,9H2,1-2H3. The van der Waals surface area contributed by atoms with E-state index in [2.05, 4.69) is 17.4 Å². The summed E-state index contributed by atoms with van der Waals surface area (Å²) < 4.78 is 16.8. The highest BCUT2D eigenvalue weighted by atomic mass is 16.5. The Bertz CT molecular complexity index is 453. The van der Waals surface area contributed by atoms with Gasteiger partial charge in [0.1, 0.15) is 5.60 Å². The topological polar surface area (TPSA) is 39.7 Å². The second-order valence-electron chi connectivity index (χ2n) is 4.88. The van der Waals surface area contributed by atoms with Gasteiger partial charge in [-0.25, -0.2) is 0 Å². The molecule has 1 saturated heterocycles. The van der Waals surface area contributed by atoms with E-state index in [1.165, 1.54) is 11.1 Å². The van der Waals surface area contributed by atoms with Crippen LogP contribution in [0.1, 0.15) is 17.5 Å². The summed E-state index contributed by atoms with van der Waals surface area (Å²) in [5, 5.41) is 3.43. The summed E-state index contributed by atoms with van der Waals surface area (Å²) in [5.74, 6) is 1.59. The molecular formula is C14H19NO3. The molecule has 3 rings (SSSR count). The van der Waals surface area contributed by atoms with Crippen LogP contribution in [0.4, 0.5) is 0 Å². The van der Waals surface area contributed by atoms with Crippen molar-refractivity contribution in [2.24, 2.45) is 0 Å². The maximum Gasteiger partial charge on any atom is 0.161 e. The van der Waals surface area contributed by atoms with Crippen molar-refractivity contribution in [2.75, 3.05) is 33.9 Å². The lowest BCUT2D eigenvalue weighted by atomic mass is 9.94. The number of aryl methyl sites for hydroxylation is 1. The maximum atomic E-state index is 6.07. The van der Waals surface area contributed by atoms with Crippen molar-refractivity contribution < 1.29 is 14.2 Å². The molecule has 1 aliphatic carbocycles. The van der Waals surface area contributed by atoms with Gasteiger partial charge in [0.15, 0.2) is 11.5 Å². The van der Waals surface area contributed by atoms with Gasteiger partial charge in [-0.05, 0) is 36.1 Å². The molecular weight excluding hydrogens is 230 g/mol. The molecule has 1 aromatic carbocycles. The minimum Gasteiger partial charge on any atom is -0.493 e. The number of hydrogen-bond acceptors (Lipinski definition) is 4. The number of benzene rings is 1. The van der Waals surface area contributed by atoms with Crippen LogP contribution in [0.5, 0.6) is 11.5 Å². The Balaban J connectivity index is 2.05. The first-order chi connectivity index (χ1) is 8.79. The zero-order valence-electron chi connectivity index (χ0n) is 10.9. The van der Waals surface area contributed by atoms with E-state index in [1.807, 2.05) is 0 Å². The molecule has 0 bridgehead atoms. The van der Waals surface area contributed by atoms with Crippen LogP contribution in [-0.4, -0.2) is 33.9 Å². The summed E-state index contributed by atoms with van der Waals surface area (Å²) in [4.78, 5) is 0. The smallest absolute Gasteiger partial charge is 0.161 e. The van der Waals surface area contributed by atoms with Crippen LogP contribution in [0, 0.1) is 0 Å². The van der Waals surface area contributed by atoms with E-state index >= 15 is 0 Å². The van der Waals surface area contributed by atoms with Crippen molar-refractivity contribution in [3.63, 3.8) is 0 Å². The van der Waals surface area contributed by atoms with E-state index < -0.39 is 0 Å². The first-order valence-electron chi connectivity index (χ1n) is 6.39. The molecule has 1 atom stereocenters. The van der Waals surface area contributed by atoms with Crippen LogP contribution in [0.15, 0.2) is 12.1 Å². The lowest BCUT2D eigenvalue weighted by Gasteiger charge is -2.35. The molecule has 4 heteroatoms. The third-order valence-electron chi connectivity index (χ3n) is 3.97. The SMILES string of the molecule is COc1cc2c(cc1OC)C1(CC2)CNCCO1. The van der Waals surface area contributed by atoms with Gasteiger partial charge in [-0.15, -0.1) is 0 Å². The number of ether oxygens (including phenoxy) is 3. The Morgan fingerprint density at radius 2 is 2.00 bits per heavy atom. The van der Waals surface area contributed by atoms with Crippen LogP contribution < -0.4 is 14.8 Å². The van der Waals surface area contributed by atoms with Crippen molar-refractivity contribution in [1.82, 2.24) is 5.32 Å². The maximum absolute atomic E-state index is 6.07. The van der Waals surface area contributed by atoms with Crippen molar-refractivity contribution >= 4 is 0 Å². The average Bonchev–Trinajstić information content (AvgIpc) is 2.76. The molecule has 2 aliphatic rings. The highest BCUT2D eigenvalue weighted by molar-refractivity contribution is 5.51. The number of fused-ring (bicyclic) bond motifs is 2. The molecule has 1 N–H and O–H groups in total. The zero-order chi connectivity index (χ0) is 12.6. The molecule has 0 radical (unpaired) electrons. The van der Waals surface area contributed by atoms with Gasteiger partial charge in [-0.3, -0.25) is 0 Å². The zero-order valence-corrected chi connectivity index (χ0v) is 10.9. The molecule has 1 unspecified atom stereocenters. The fraction of sp³-hybridized carbons (Fsp3) is 0.571. The number of hydrogen-bond donors (Lipinski definition) is 1. The van der Waals surface area contributed by atoms with Gasteiger partial charge in [0.25, 0.3) is 0 Å². The summed E-state index contributed by atoms with van der Waals surface area (Å²) in [7, 11) is 3.35. The second-order valence-corrected chi connectivity index (χ2v) is 4.88. The van der Waals surface area contributed by atoms with Gasteiger partial charge in [0, 0.05) is 13.1 Å². The third kappa shape index (κ3) is 1.68. The number of methoxy groups -OCH3 is 2. The lowest BCUT2D eigenvalue weighted by molar-refractivity contribution is -0.0696. The average molecular weight is 249 g/mol. The number of morpholine rings is 1. The molecule has 4 nitrogen and oxygen atoms in total. The highest BCUT2D eigenvalue weighted by Gasteiger charge is 2.41. The van der Waals surface area contributed by atoms with Crippen molar-refractivity contribution in [2.45, 2.75) is 18.4 Å². The lowest BCUT2D eigenvalue weighted by Crippen LogP contribution is -2.46. The minimum absolute atomic E-state index is 0.160. The van der Waals surface area contributed by atoms with E-state index in [9.17, 15) is 0 Å². The number of nitrogens with one attached hydrogen (secondary N) is 1. The van der Waals surface area contributed by atoms with Gasteiger partial charge in [0.2, 0.25) is 0 Å². The summed E-state index contributed by atoms with van der Waals surface area (Å²) in [5.41, 5.74) is 2.41. The molecule has 0 amide bonds. The highest BCUT2D eigenvalue weighted by Crippen LogP contribution is 2.45.